The highest BCUT2D eigenvalue weighted by Crippen LogP contribution is 2.29. The third-order valence-corrected chi connectivity index (χ3v) is 4.33. The zero-order chi connectivity index (χ0) is 13.8. The highest BCUT2D eigenvalue weighted by atomic mass is 16.4. The van der Waals surface area contributed by atoms with Crippen LogP contribution in [0.5, 0.6) is 0 Å². The molecule has 0 spiro atoms. The quantitative estimate of drug-likeness (QED) is 0.802. The first-order chi connectivity index (χ1) is 9.11. The second-order valence-corrected chi connectivity index (χ2v) is 5.76. The van der Waals surface area contributed by atoms with Gasteiger partial charge in [0.1, 0.15) is 0 Å². The molecule has 0 aliphatic heterocycles. The molecule has 5 heteroatoms. The van der Waals surface area contributed by atoms with E-state index in [0.717, 1.165) is 45.1 Å². The van der Waals surface area contributed by atoms with Crippen molar-refractivity contribution in [3.63, 3.8) is 0 Å². The lowest BCUT2D eigenvalue weighted by molar-refractivity contribution is -0.143. The zero-order valence-electron chi connectivity index (χ0n) is 11.6. The largest absolute Gasteiger partial charge is 0.481 e. The smallest absolute Gasteiger partial charge is 0.317 e. The number of hydrogen-bond acceptors (Lipinski definition) is 2. The number of aliphatic carboxylic acids is 1. The van der Waals surface area contributed by atoms with Gasteiger partial charge in [-0.25, -0.2) is 4.79 Å². The van der Waals surface area contributed by atoms with Crippen molar-refractivity contribution in [1.82, 2.24) is 10.2 Å². The fourth-order valence-corrected chi connectivity index (χ4v) is 2.90. The highest BCUT2D eigenvalue weighted by Gasteiger charge is 2.32. The molecule has 2 amide bonds. The van der Waals surface area contributed by atoms with Crippen molar-refractivity contribution in [2.75, 3.05) is 13.1 Å². The molecule has 2 rings (SSSR count). The Balaban J connectivity index is 1.68. The number of rotatable bonds is 5. The zero-order valence-corrected chi connectivity index (χ0v) is 11.6. The molecule has 2 aliphatic carbocycles. The van der Waals surface area contributed by atoms with Gasteiger partial charge in [0.15, 0.2) is 0 Å². The molecule has 2 N–H and O–H groups in total. The average Bonchev–Trinajstić information content (AvgIpc) is 3.22. The van der Waals surface area contributed by atoms with Crippen LogP contribution in [-0.2, 0) is 4.79 Å². The summed E-state index contributed by atoms with van der Waals surface area (Å²) in [6.07, 6.45) is 5.57. The molecule has 0 unspecified atom stereocenters. The molecule has 0 atom stereocenters. The van der Waals surface area contributed by atoms with E-state index in [9.17, 15) is 9.59 Å². The van der Waals surface area contributed by atoms with Crippen molar-refractivity contribution in [1.29, 1.82) is 0 Å². The summed E-state index contributed by atoms with van der Waals surface area (Å²) in [6.45, 7) is 3.46. The monoisotopic (exact) mass is 268 g/mol. The van der Waals surface area contributed by atoms with Gasteiger partial charge in [0, 0.05) is 19.1 Å². The van der Waals surface area contributed by atoms with Crippen LogP contribution in [0.3, 0.4) is 0 Å². The van der Waals surface area contributed by atoms with Gasteiger partial charge in [-0.1, -0.05) is 0 Å². The topological polar surface area (TPSA) is 69.6 Å². The molecule has 0 bridgehead atoms. The number of carbonyl (C=O) groups excluding carboxylic acids is 1. The molecule has 2 aliphatic rings. The Kier molecular flexibility index (Phi) is 4.66. The molecule has 0 aromatic carbocycles. The molecule has 0 aromatic rings. The molecule has 108 valence electrons. The fourth-order valence-electron chi connectivity index (χ4n) is 2.90. The van der Waals surface area contributed by atoms with Gasteiger partial charge in [-0.05, 0) is 51.4 Å². The predicted octanol–water partition coefficient (Wildman–Crippen LogP) is 2.07. The van der Waals surface area contributed by atoms with Crippen LogP contribution < -0.4 is 5.32 Å². The van der Waals surface area contributed by atoms with Gasteiger partial charge in [0.25, 0.3) is 0 Å². The molecule has 2 fully saturated rings. The van der Waals surface area contributed by atoms with Crippen LogP contribution >= 0.6 is 0 Å². The van der Waals surface area contributed by atoms with E-state index in [1.165, 1.54) is 0 Å². The number of amides is 2. The van der Waals surface area contributed by atoms with Crippen LogP contribution in [0, 0.1) is 11.8 Å². The number of carboxylic acids is 1. The average molecular weight is 268 g/mol. The van der Waals surface area contributed by atoms with E-state index >= 15 is 0 Å². The third-order valence-electron chi connectivity index (χ3n) is 4.33. The summed E-state index contributed by atoms with van der Waals surface area (Å²) in [4.78, 5) is 24.8. The maximum absolute atomic E-state index is 12.0. The van der Waals surface area contributed by atoms with Gasteiger partial charge < -0.3 is 15.3 Å². The van der Waals surface area contributed by atoms with Crippen LogP contribution in [0.25, 0.3) is 0 Å². The minimum Gasteiger partial charge on any atom is -0.481 e. The molecule has 0 saturated heterocycles. The number of nitrogens with zero attached hydrogens (tertiary/aromatic N) is 1. The Morgan fingerprint density at radius 2 is 1.79 bits per heavy atom. The Labute approximate surface area is 114 Å². The van der Waals surface area contributed by atoms with Gasteiger partial charge in [-0.3, -0.25) is 4.79 Å². The van der Waals surface area contributed by atoms with E-state index in [-0.39, 0.29) is 11.9 Å². The van der Waals surface area contributed by atoms with Gasteiger partial charge in [0.05, 0.1) is 5.92 Å². The van der Waals surface area contributed by atoms with Gasteiger partial charge in [-0.2, -0.15) is 0 Å². The first kappa shape index (κ1) is 14.2. The maximum Gasteiger partial charge on any atom is 0.317 e. The molecular weight excluding hydrogens is 244 g/mol. The van der Waals surface area contributed by atoms with Crippen LogP contribution in [-0.4, -0.2) is 41.1 Å². The highest BCUT2D eigenvalue weighted by molar-refractivity contribution is 5.74. The minimum atomic E-state index is -0.673. The molecule has 0 aromatic heterocycles. The lowest BCUT2D eigenvalue weighted by Gasteiger charge is -2.27. The van der Waals surface area contributed by atoms with Crippen molar-refractivity contribution < 1.29 is 14.7 Å². The van der Waals surface area contributed by atoms with Crippen LogP contribution in [0.4, 0.5) is 4.79 Å². The maximum atomic E-state index is 12.0. The Bertz CT molecular complexity index is 334. The van der Waals surface area contributed by atoms with Crippen LogP contribution in [0.15, 0.2) is 0 Å². The van der Waals surface area contributed by atoms with E-state index in [1.807, 2.05) is 11.8 Å². The van der Waals surface area contributed by atoms with E-state index < -0.39 is 5.97 Å². The Hall–Kier alpha value is -1.26. The van der Waals surface area contributed by atoms with Crippen molar-refractivity contribution in [2.45, 2.75) is 51.5 Å². The summed E-state index contributed by atoms with van der Waals surface area (Å²) in [5, 5.41) is 11.9. The first-order valence-electron chi connectivity index (χ1n) is 7.39. The molecule has 19 heavy (non-hydrogen) atoms. The summed E-state index contributed by atoms with van der Waals surface area (Å²) in [7, 11) is 0. The van der Waals surface area contributed by atoms with Crippen molar-refractivity contribution in [2.24, 2.45) is 11.8 Å². The second-order valence-electron chi connectivity index (χ2n) is 5.76. The second kappa shape index (κ2) is 6.26. The van der Waals surface area contributed by atoms with Crippen LogP contribution in [0.1, 0.15) is 45.4 Å². The number of hydrogen-bond donors (Lipinski definition) is 2. The Morgan fingerprint density at radius 3 is 2.26 bits per heavy atom. The summed E-state index contributed by atoms with van der Waals surface area (Å²) < 4.78 is 0. The molecule has 0 heterocycles. The lowest BCUT2D eigenvalue weighted by atomic mass is 9.82. The summed E-state index contributed by atoms with van der Waals surface area (Å²) in [5.74, 6) is -0.406. The van der Waals surface area contributed by atoms with Gasteiger partial charge in [-0.15, -0.1) is 0 Å². The molecular formula is C14H24N2O3. The summed E-state index contributed by atoms with van der Waals surface area (Å²) in [5.41, 5.74) is 0. The molecule has 2 saturated carbocycles. The number of urea groups is 1. The Morgan fingerprint density at radius 1 is 1.16 bits per heavy atom. The standard InChI is InChI=1S/C14H24N2O3/c1-2-16(12-7-8-12)14(19)15-9-10-3-5-11(6-4-10)13(17)18/h10-12H,2-9H2,1H3,(H,15,19)(H,17,18). The van der Waals surface area contributed by atoms with E-state index in [0.29, 0.717) is 18.5 Å². The number of nitrogens with one attached hydrogen (secondary N) is 1. The van der Waals surface area contributed by atoms with Crippen molar-refractivity contribution in [3.8, 4) is 0 Å². The first-order valence-corrected chi connectivity index (χ1v) is 7.39. The van der Waals surface area contributed by atoms with E-state index in [1.54, 1.807) is 0 Å². The van der Waals surface area contributed by atoms with Crippen molar-refractivity contribution in [3.05, 3.63) is 0 Å². The van der Waals surface area contributed by atoms with Crippen LogP contribution in [0.2, 0.25) is 0 Å². The van der Waals surface area contributed by atoms with Gasteiger partial charge in [0.2, 0.25) is 0 Å². The van der Waals surface area contributed by atoms with Gasteiger partial charge >= 0.3 is 12.0 Å². The third kappa shape index (κ3) is 3.85. The number of carbonyl (C=O) groups is 2. The van der Waals surface area contributed by atoms with Crippen molar-refractivity contribution >= 4 is 12.0 Å². The minimum absolute atomic E-state index is 0.0466. The normalized spacial score (nSPS) is 26.8. The molecule has 0 radical (unpaired) electrons. The fraction of sp³-hybridized carbons (Fsp3) is 0.857. The summed E-state index contributed by atoms with van der Waals surface area (Å²) in [6, 6.07) is 0.498. The lowest BCUT2D eigenvalue weighted by Crippen LogP contribution is -2.43. The predicted molar refractivity (Wildman–Crippen MR) is 71.9 cm³/mol. The molecule has 5 nitrogen and oxygen atoms in total. The number of carboxylic acid groups (broad SMARTS) is 1. The SMILES string of the molecule is CCN(C(=O)NCC1CCC(C(=O)O)CC1)C1CC1. The van der Waals surface area contributed by atoms with E-state index in [2.05, 4.69) is 5.32 Å². The van der Waals surface area contributed by atoms with E-state index in [4.69, 9.17) is 5.11 Å². The summed E-state index contributed by atoms with van der Waals surface area (Å²) >= 11 is 0.